The highest BCUT2D eigenvalue weighted by Crippen LogP contribution is 2.33. The lowest BCUT2D eigenvalue weighted by atomic mass is 9.91. The van der Waals surface area contributed by atoms with Gasteiger partial charge >= 0.3 is 6.18 Å². The van der Waals surface area contributed by atoms with Crippen LogP contribution in [0.15, 0.2) is 12.3 Å². The van der Waals surface area contributed by atoms with Gasteiger partial charge in [-0.05, 0) is 44.2 Å². The number of halogens is 3. The fourth-order valence-corrected chi connectivity index (χ4v) is 4.82. The van der Waals surface area contributed by atoms with E-state index < -0.39 is 17.3 Å². The van der Waals surface area contributed by atoms with E-state index in [1.807, 2.05) is 0 Å². The first-order valence-corrected chi connectivity index (χ1v) is 10.5. The van der Waals surface area contributed by atoms with Gasteiger partial charge in [0.15, 0.2) is 0 Å². The summed E-state index contributed by atoms with van der Waals surface area (Å²) in [5.74, 6) is -0.145. The molecular weight excluding hydrogens is 399 g/mol. The Morgan fingerprint density at radius 1 is 1.37 bits per heavy atom. The highest BCUT2D eigenvalue weighted by Gasteiger charge is 2.40. The maximum atomic E-state index is 13.0. The molecule has 1 aromatic rings. The molecule has 1 saturated carbocycles. The number of carbonyl (C=O) groups is 1. The summed E-state index contributed by atoms with van der Waals surface area (Å²) in [7, 11) is 0. The van der Waals surface area contributed by atoms with Crippen molar-refractivity contribution in [3.05, 3.63) is 29.1 Å². The molecule has 2 fully saturated rings. The van der Waals surface area contributed by atoms with Crippen LogP contribution in [0.1, 0.15) is 49.4 Å². The highest BCUT2D eigenvalue weighted by atomic mass is 19.4. The summed E-state index contributed by atoms with van der Waals surface area (Å²) in [5, 5.41) is 14.0. The van der Waals surface area contributed by atoms with Gasteiger partial charge in [-0.3, -0.25) is 9.78 Å². The van der Waals surface area contributed by atoms with Crippen LogP contribution in [0.2, 0.25) is 0 Å². The minimum absolute atomic E-state index is 0.00102. The number of fused-ring (bicyclic) bond motifs is 1. The second-order valence-corrected chi connectivity index (χ2v) is 8.96. The molecule has 4 rings (SSSR count). The molecule has 0 aromatic carbocycles. The molecule has 0 bridgehead atoms. The maximum absolute atomic E-state index is 13.0. The van der Waals surface area contributed by atoms with Gasteiger partial charge in [-0.2, -0.15) is 13.2 Å². The van der Waals surface area contributed by atoms with Crippen LogP contribution >= 0.6 is 0 Å². The first-order chi connectivity index (χ1) is 14.1. The zero-order valence-corrected chi connectivity index (χ0v) is 17.0. The number of hydrogen-bond donors (Lipinski definition) is 2. The van der Waals surface area contributed by atoms with Gasteiger partial charge in [-0.1, -0.05) is 0 Å². The van der Waals surface area contributed by atoms with Gasteiger partial charge < -0.3 is 20.1 Å². The summed E-state index contributed by atoms with van der Waals surface area (Å²) in [5.41, 5.74) is -0.584. The predicted molar refractivity (Wildman–Crippen MR) is 102 cm³/mol. The zero-order chi connectivity index (χ0) is 21.5. The molecule has 0 spiro atoms. The average Bonchev–Trinajstić information content (AvgIpc) is 3.16. The lowest BCUT2D eigenvalue weighted by molar-refractivity contribution is -0.137. The highest BCUT2D eigenvalue weighted by molar-refractivity contribution is 5.79. The molecule has 2 N–H and O–H groups in total. The van der Waals surface area contributed by atoms with Crippen molar-refractivity contribution in [2.45, 2.75) is 69.4 Å². The molecule has 4 atom stereocenters. The Morgan fingerprint density at radius 2 is 2.17 bits per heavy atom. The fourth-order valence-electron chi connectivity index (χ4n) is 4.82. The van der Waals surface area contributed by atoms with Crippen molar-refractivity contribution in [1.29, 1.82) is 0 Å². The van der Waals surface area contributed by atoms with Crippen LogP contribution in [0.4, 0.5) is 13.2 Å². The number of pyridine rings is 1. The molecular formula is C21H28F3N3O3. The van der Waals surface area contributed by atoms with E-state index in [0.717, 1.165) is 31.5 Å². The summed E-state index contributed by atoms with van der Waals surface area (Å²) >= 11 is 0. The van der Waals surface area contributed by atoms with Crippen molar-refractivity contribution in [3.8, 4) is 0 Å². The summed E-state index contributed by atoms with van der Waals surface area (Å²) in [6.45, 7) is 3.31. The average molecular weight is 427 g/mol. The SMILES string of the molecule is CC1(O)COCCC1N[C@@H]1CC[C@H](C(=O)N2CCc3ncc(C(F)(F)F)cc3C2)C1. The first-order valence-electron chi connectivity index (χ1n) is 10.5. The Bertz CT molecular complexity index is 799. The van der Waals surface area contributed by atoms with Gasteiger partial charge in [0.1, 0.15) is 5.60 Å². The summed E-state index contributed by atoms with van der Waals surface area (Å²) in [6.07, 6.45) is -0.118. The Hall–Kier alpha value is -1.71. The number of amides is 1. The lowest BCUT2D eigenvalue weighted by Crippen LogP contribution is -2.57. The molecule has 9 heteroatoms. The van der Waals surface area contributed by atoms with Crippen LogP contribution in [0.25, 0.3) is 0 Å². The molecule has 1 aliphatic carbocycles. The number of hydrogen-bond acceptors (Lipinski definition) is 5. The van der Waals surface area contributed by atoms with Crippen LogP contribution in [0.5, 0.6) is 0 Å². The third-order valence-corrected chi connectivity index (χ3v) is 6.59. The molecule has 1 amide bonds. The fraction of sp³-hybridized carbons (Fsp3) is 0.714. The third-order valence-electron chi connectivity index (χ3n) is 6.59. The molecule has 1 aromatic heterocycles. The molecule has 2 unspecified atom stereocenters. The van der Waals surface area contributed by atoms with Gasteiger partial charge in [-0.25, -0.2) is 0 Å². The Balaban J connectivity index is 1.37. The Morgan fingerprint density at radius 3 is 2.90 bits per heavy atom. The minimum Gasteiger partial charge on any atom is -0.386 e. The molecule has 0 radical (unpaired) electrons. The van der Waals surface area contributed by atoms with Gasteiger partial charge in [0.05, 0.1) is 12.2 Å². The molecule has 6 nitrogen and oxygen atoms in total. The molecule has 30 heavy (non-hydrogen) atoms. The topological polar surface area (TPSA) is 74.7 Å². The van der Waals surface area contributed by atoms with E-state index in [-0.39, 0.29) is 30.5 Å². The van der Waals surface area contributed by atoms with E-state index in [9.17, 15) is 23.1 Å². The second kappa shape index (κ2) is 8.09. The van der Waals surface area contributed by atoms with Gasteiger partial charge in [-0.15, -0.1) is 0 Å². The van der Waals surface area contributed by atoms with Crippen LogP contribution in [0, 0.1) is 5.92 Å². The second-order valence-electron chi connectivity index (χ2n) is 8.96. The zero-order valence-electron chi connectivity index (χ0n) is 17.0. The van der Waals surface area contributed by atoms with E-state index in [4.69, 9.17) is 4.74 Å². The van der Waals surface area contributed by atoms with Crippen LogP contribution in [-0.4, -0.2) is 58.3 Å². The summed E-state index contributed by atoms with van der Waals surface area (Å²) in [6, 6.07) is 1.19. The van der Waals surface area contributed by atoms with Crippen molar-refractivity contribution >= 4 is 5.91 Å². The monoisotopic (exact) mass is 427 g/mol. The van der Waals surface area contributed by atoms with Crippen molar-refractivity contribution < 1.29 is 27.8 Å². The largest absolute Gasteiger partial charge is 0.417 e. The van der Waals surface area contributed by atoms with Gasteiger partial charge in [0, 0.05) is 56.0 Å². The summed E-state index contributed by atoms with van der Waals surface area (Å²) < 4.78 is 44.3. The number of aromatic nitrogens is 1. The van der Waals surface area contributed by atoms with Crippen molar-refractivity contribution in [2.75, 3.05) is 19.8 Å². The van der Waals surface area contributed by atoms with Gasteiger partial charge in [0.2, 0.25) is 5.91 Å². The number of ether oxygens (including phenoxy) is 1. The number of aliphatic hydroxyl groups is 1. The molecule has 3 heterocycles. The molecule has 3 aliphatic rings. The smallest absolute Gasteiger partial charge is 0.386 e. The van der Waals surface area contributed by atoms with E-state index >= 15 is 0 Å². The van der Waals surface area contributed by atoms with Crippen LogP contribution < -0.4 is 5.32 Å². The van der Waals surface area contributed by atoms with Crippen molar-refractivity contribution in [3.63, 3.8) is 0 Å². The van der Waals surface area contributed by atoms with E-state index in [1.54, 1.807) is 11.8 Å². The minimum atomic E-state index is -4.44. The normalized spacial score (nSPS) is 32.2. The number of alkyl halides is 3. The van der Waals surface area contributed by atoms with Crippen molar-refractivity contribution in [1.82, 2.24) is 15.2 Å². The van der Waals surface area contributed by atoms with E-state index in [1.165, 1.54) is 0 Å². The quantitative estimate of drug-likeness (QED) is 0.774. The molecule has 2 aliphatic heterocycles. The number of nitrogens with zero attached hydrogens (tertiary/aromatic N) is 2. The lowest BCUT2D eigenvalue weighted by Gasteiger charge is -2.39. The Kier molecular flexibility index (Phi) is 5.80. The number of carbonyl (C=O) groups excluding carboxylic acids is 1. The van der Waals surface area contributed by atoms with E-state index in [0.29, 0.717) is 43.9 Å². The van der Waals surface area contributed by atoms with Gasteiger partial charge in [0.25, 0.3) is 0 Å². The first kappa shape index (κ1) is 21.5. The predicted octanol–water partition coefficient (Wildman–Crippen LogP) is 2.28. The summed E-state index contributed by atoms with van der Waals surface area (Å²) in [4.78, 5) is 18.7. The van der Waals surface area contributed by atoms with E-state index in [2.05, 4.69) is 10.3 Å². The molecule has 166 valence electrons. The van der Waals surface area contributed by atoms with Crippen LogP contribution in [0.3, 0.4) is 0 Å². The number of nitrogens with one attached hydrogen (secondary N) is 1. The van der Waals surface area contributed by atoms with Crippen LogP contribution in [-0.2, 0) is 28.7 Å². The third kappa shape index (κ3) is 4.48. The standard InChI is InChI=1S/C21H28F3N3O3/c1-20(29)12-30-7-5-18(20)26-16-3-2-13(9-16)19(28)27-6-4-17-14(11-27)8-15(10-25-17)21(22,23)24/h8,10,13,16,18,26,29H,2-7,9,11-12H2,1H3/t13-,16+,18?,20?/m0/s1. The van der Waals surface area contributed by atoms with Crippen molar-refractivity contribution in [2.24, 2.45) is 5.92 Å². The maximum Gasteiger partial charge on any atom is 0.417 e. The molecule has 1 saturated heterocycles. The number of rotatable bonds is 3. The Labute approximate surface area is 173 Å².